The predicted molar refractivity (Wildman–Crippen MR) is 92.5 cm³/mol. The van der Waals surface area contributed by atoms with Gasteiger partial charge in [-0.25, -0.2) is 8.42 Å². The molecule has 128 valence electrons. The third-order valence-electron chi connectivity index (χ3n) is 4.41. The molecule has 1 aliphatic heterocycles. The van der Waals surface area contributed by atoms with Crippen molar-refractivity contribution in [2.45, 2.75) is 26.3 Å². The Morgan fingerprint density at radius 2 is 2.04 bits per heavy atom. The number of amides is 1. The maximum Gasteiger partial charge on any atom is 0.272 e. The standard InChI is InChI=1S/C17H21N3O3S/c1-3-20(14-8-9-24(22,23)11-14)17(21)16-10-15(18-19-16)13-6-4-12(2)5-7-13/h4-7,10,14H,3,8-9,11H2,1-2H3,(H,18,19)/t14-/m0/s1. The number of rotatable bonds is 4. The Labute approximate surface area is 141 Å². The Morgan fingerprint density at radius 1 is 1.33 bits per heavy atom. The minimum Gasteiger partial charge on any atom is -0.334 e. The number of hydrogen-bond donors (Lipinski definition) is 1. The zero-order valence-electron chi connectivity index (χ0n) is 13.8. The van der Waals surface area contributed by atoms with Crippen LogP contribution in [0.5, 0.6) is 0 Å². The number of sulfone groups is 1. The fraction of sp³-hybridized carbons (Fsp3) is 0.412. The van der Waals surface area contributed by atoms with Gasteiger partial charge in [0.2, 0.25) is 0 Å². The third kappa shape index (κ3) is 3.36. The Morgan fingerprint density at radius 3 is 2.62 bits per heavy atom. The Kier molecular flexibility index (Phi) is 4.45. The summed E-state index contributed by atoms with van der Waals surface area (Å²) in [5.41, 5.74) is 3.18. The number of nitrogens with one attached hydrogen (secondary N) is 1. The topological polar surface area (TPSA) is 83.1 Å². The SMILES string of the molecule is CCN(C(=O)c1cc(-c2ccc(C)cc2)n[nH]1)[C@H]1CCS(=O)(=O)C1. The van der Waals surface area contributed by atoms with Gasteiger partial charge in [-0.05, 0) is 26.3 Å². The number of carbonyl (C=O) groups is 1. The normalized spacial score (nSPS) is 19.3. The highest BCUT2D eigenvalue weighted by Gasteiger charge is 2.34. The zero-order valence-corrected chi connectivity index (χ0v) is 14.6. The van der Waals surface area contributed by atoms with Crippen LogP contribution in [0.1, 0.15) is 29.4 Å². The van der Waals surface area contributed by atoms with Crippen LogP contribution in [0, 0.1) is 6.92 Å². The van der Waals surface area contributed by atoms with E-state index in [1.54, 1.807) is 11.0 Å². The maximum absolute atomic E-state index is 12.7. The Balaban J connectivity index is 1.80. The van der Waals surface area contributed by atoms with Gasteiger partial charge in [0, 0.05) is 18.2 Å². The van der Waals surface area contributed by atoms with Gasteiger partial charge in [-0.1, -0.05) is 29.8 Å². The molecule has 7 heteroatoms. The van der Waals surface area contributed by atoms with Crippen LogP contribution in [-0.4, -0.2) is 53.5 Å². The monoisotopic (exact) mass is 347 g/mol. The summed E-state index contributed by atoms with van der Waals surface area (Å²) in [5.74, 6) is -0.00429. The van der Waals surface area contributed by atoms with Crippen molar-refractivity contribution < 1.29 is 13.2 Å². The van der Waals surface area contributed by atoms with Crippen molar-refractivity contribution in [1.29, 1.82) is 0 Å². The molecule has 1 aliphatic rings. The molecule has 1 amide bonds. The van der Waals surface area contributed by atoms with Crippen LogP contribution in [0.15, 0.2) is 30.3 Å². The van der Waals surface area contributed by atoms with E-state index in [1.807, 2.05) is 38.1 Å². The van der Waals surface area contributed by atoms with E-state index in [9.17, 15) is 13.2 Å². The molecule has 1 aromatic carbocycles. The lowest BCUT2D eigenvalue weighted by Gasteiger charge is -2.26. The first-order chi connectivity index (χ1) is 11.4. The minimum atomic E-state index is -3.03. The van der Waals surface area contributed by atoms with E-state index in [0.29, 0.717) is 24.4 Å². The van der Waals surface area contributed by atoms with E-state index in [0.717, 1.165) is 11.1 Å². The van der Waals surface area contributed by atoms with Crippen LogP contribution >= 0.6 is 0 Å². The first-order valence-electron chi connectivity index (χ1n) is 8.03. The first kappa shape index (κ1) is 16.7. The fourth-order valence-electron chi connectivity index (χ4n) is 3.05. The molecule has 2 aromatic rings. The van der Waals surface area contributed by atoms with E-state index in [-0.39, 0.29) is 23.5 Å². The van der Waals surface area contributed by atoms with Gasteiger partial charge < -0.3 is 4.90 Å². The molecule has 1 saturated heterocycles. The number of nitrogens with zero attached hydrogens (tertiary/aromatic N) is 2. The molecule has 24 heavy (non-hydrogen) atoms. The molecule has 0 aliphatic carbocycles. The molecule has 3 rings (SSSR count). The molecule has 1 aromatic heterocycles. The van der Waals surface area contributed by atoms with Crippen LogP contribution in [0.3, 0.4) is 0 Å². The number of aromatic nitrogens is 2. The van der Waals surface area contributed by atoms with Crippen molar-refractivity contribution >= 4 is 15.7 Å². The van der Waals surface area contributed by atoms with Crippen LogP contribution in [-0.2, 0) is 9.84 Å². The summed E-state index contributed by atoms with van der Waals surface area (Å²) in [6.07, 6.45) is 0.501. The summed E-state index contributed by atoms with van der Waals surface area (Å²) in [5, 5.41) is 7.01. The summed E-state index contributed by atoms with van der Waals surface area (Å²) in [6.45, 7) is 4.34. The molecule has 0 saturated carbocycles. The van der Waals surface area contributed by atoms with Gasteiger partial charge >= 0.3 is 0 Å². The largest absolute Gasteiger partial charge is 0.334 e. The van der Waals surface area contributed by atoms with Crippen molar-refractivity contribution in [3.05, 3.63) is 41.6 Å². The lowest BCUT2D eigenvalue weighted by atomic mass is 10.1. The van der Waals surface area contributed by atoms with Crippen molar-refractivity contribution in [2.75, 3.05) is 18.1 Å². The van der Waals surface area contributed by atoms with Gasteiger partial charge in [-0.15, -0.1) is 0 Å². The van der Waals surface area contributed by atoms with E-state index >= 15 is 0 Å². The number of hydrogen-bond acceptors (Lipinski definition) is 4. The van der Waals surface area contributed by atoms with Crippen LogP contribution < -0.4 is 0 Å². The quantitative estimate of drug-likeness (QED) is 0.917. The number of carbonyl (C=O) groups excluding carboxylic acids is 1. The van der Waals surface area contributed by atoms with Gasteiger partial charge in [0.15, 0.2) is 9.84 Å². The minimum absolute atomic E-state index is 0.0472. The summed E-state index contributed by atoms with van der Waals surface area (Å²) >= 11 is 0. The molecule has 0 bridgehead atoms. The molecule has 2 heterocycles. The lowest BCUT2D eigenvalue weighted by Crippen LogP contribution is -2.41. The average Bonchev–Trinajstić information content (AvgIpc) is 3.16. The molecule has 6 nitrogen and oxygen atoms in total. The van der Waals surface area contributed by atoms with E-state index < -0.39 is 9.84 Å². The number of H-pyrrole nitrogens is 1. The van der Waals surface area contributed by atoms with Crippen LogP contribution in [0.2, 0.25) is 0 Å². The highest BCUT2D eigenvalue weighted by atomic mass is 32.2. The summed E-state index contributed by atoms with van der Waals surface area (Å²) in [6, 6.07) is 9.38. The Bertz CT molecular complexity index is 840. The third-order valence-corrected chi connectivity index (χ3v) is 6.16. The molecule has 1 atom stereocenters. The molecule has 0 unspecified atom stereocenters. The van der Waals surface area contributed by atoms with Crippen LogP contribution in [0.4, 0.5) is 0 Å². The fourth-order valence-corrected chi connectivity index (χ4v) is 4.78. The molecule has 1 N–H and O–H groups in total. The molecule has 1 fully saturated rings. The van der Waals surface area contributed by atoms with Gasteiger partial charge in [-0.3, -0.25) is 9.89 Å². The van der Waals surface area contributed by atoms with Crippen molar-refractivity contribution in [3.63, 3.8) is 0 Å². The Hall–Kier alpha value is -2.15. The number of benzene rings is 1. The van der Waals surface area contributed by atoms with Gasteiger partial charge in [0.25, 0.3) is 5.91 Å². The number of aromatic amines is 1. The van der Waals surface area contributed by atoms with E-state index in [2.05, 4.69) is 10.2 Å². The molecular weight excluding hydrogens is 326 g/mol. The smallest absolute Gasteiger partial charge is 0.272 e. The molecular formula is C17H21N3O3S. The van der Waals surface area contributed by atoms with Crippen molar-refractivity contribution in [1.82, 2.24) is 15.1 Å². The second-order valence-electron chi connectivity index (χ2n) is 6.18. The predicted octanol–water partition coefficient (Wildman–Crippen LogP) is 2.03. The highest BCUT2D eigenvalue weighted by Crippen LogP contribution is 2.22. The highest BCUT2D eigenvalue weighted by molar-refractivity contribution is 7.91. The summed E-state index contributed by atoms with van der Waals surface area (Å²) in [4.78, 5) is 14.4. The maximum atomic E-state index is 12.7. The van der Waals surface area contributed by atoms with E-state index in [1.165, 1.54) is 0 Å². The summed E-state index contributed by atoms with van der Waals surface area (Å²) < 4.78 is 23.4. The summed E-state index contributed by atoms with van der Waals surface area (Å²) in [7, 11) is -3.03. The van der Waals surface area contributed by atoms with Gasteiger partial charge in [0.05, 0.1) is 17.2 Å². The van der Waals surface area contributed by atoms with Crippen LogP contribution in [0.25, 0.3) is 11.3 Å². The lowest BCUT2D eigenvalue weighted by molar-refractivity contribution is 0.0702. The first-order valence-corrected chi connectivity index (χ1v) is 9.85. The number of aryl methyl sites for hydroxylation is 1. The molecule has 0 spiro atoms. The van der Waals surface area contributed by atoms with Gasteiger partial charge in [-0.2, -0.15) is 5.10 Å². The zero-order chi connectivity index (χ0) is 17.3. The molecule has 0 radical (unpaired) electrons. The second-order valence-corrected chi connectivity index (χ2v) is 8.41. The van der Waals surface area contributed by atoms with Crippen molar-refractivity contribution in [2.24, 2.45) is 0 Å². The van der Waals surface area contributed by atoms with E-state index in [4.69, 9.17) is 0 Å². The average molecular weight is 347 g/mol. The second kappa shape index (κ2) is 6.39. The van der Waals surface area contributed by atoms with Crippen molar-refractivity contribution in [3.8, 4) is 11.3 Å². The van der Waals surface area contributed by atoms with Gasteiger partial charge in [0.1, 0.15) is 5.69 Å².